The number of carbonyl (C=O) groups excluding carboxylic acids is 1. The van der Waals surface area contributed by atoms with E-state index >= 15 is 0 Å². The number of carbonyl (C=O) groups is 1. The van der Waals surface area contributed by atoms with Crippen molar-refractivity contribution in [1.29, 1.82) is 0 Å². The molecule has 2 aliphatic heterocycles. The second-order valence-corrected chi connectivity index (χ2v) is 11.1. The zero-order chi connectivity index (χ0) is 24.7. The number of benzene rings is 1. The van der Waals surface area contributed by atoms with Gasteiger partial charge in [0.1, 0.15) is 23.4 Å². The molecule has 0 radical (unpaired) electrons. The molecule has 1 aromatic carbocycles. The minimum absolute atomic E-state index is 0.110. The predicted molar refractivity (Wildman–Crippen MR) is 126 cm³/mol. The molecule has 0 saturated carbocycles. The highest BCUT2D eigenvalue weighted by Crippen LogP contribution is 2.37. The fraction of sp³-hybridized carbons (Fsp3) is 0.435. The fourth-order valence-corrected chi connectivity index (χ4v) is 5.72. The first-order valence-corrected chi connectivity index (χ1v) is 13.3. The molecular formula is C23H26F2N6O3S. The Balaban J connectivity index is 1.36. The van der Waals surface area contributed by atoms with Crippen LogP contribution in [0.15, 0.2) is 42.7 Å². The maximum Gasteiger partial charge on any atom is 0.256 e. The van der Waals surface area contributed by atoms with Gasteiger partial charge in [-0.2, -0.15) is 5.10 Å². The number of hydrogen-bond acceptors (Lipinski definition) is 6. The van der Waals surface area contributed by atoms with E-state index in [0.717, 1.165) is 0 Å². The Bertz CT molecular complexity index is 1360. The summed E-state index contributed by atoms with van der Waals surface area (Å²) in [6.45, 7) is 0.808. The number of sulfonamides is 1. The van der Waals surface area contributed by atoms with Crippen molar-refractivity contribution < 1.29 is 22.0 Å². The van der Waals surface area contributed by atoms with Crippen LogP contribution in [0.1, 0.15) is 41.2 Å². The van der Waals surface area contributed by atoms with E-state index in [9.17, 15) is 22.0 Å². The third kappa shape index (κ3) is 4.85. The van der Waals surface area contributed by atoms with Gasteiger partial charge >= 0.3 is 0 Å². The minimum Gasteiger partial charge on any atom is -0.349 e. The van der Waals surface area contributed by atoms with Crippen molar-refractivity contribution in [3.63, 3.8) is 0 Å². The van der Waals surface area contributed by atoms with E-state index in [1.54, 1.807) is 29.3 Å². The lowest BCUT2D eigenvalue weighted by Gasteiger charge is -2.30. The van der Waals surface area contributed by atoms with Gasteiger partial charge in [-0.25, -0.2) is 31.0 Å². The molecule has 5 rings (SSSR count). The van der Waals surface area contributed by atoms with Crippen LogP contribution in [0.3, 0.4) is 0 Å². The molecule has 2 aliphatic rings. The molecule has 9 nitrogen and oxygen atoms in total. The van der Waals surface area contributed by atoms with E-state index in [1.165, 1.54) is 33.4 Å². The van der Waals surface area contributed by atoms with Crippen molar-refractivity contribution in [2.75, 3.05) is 30.8 Å². The number of nitrogens with one attached hydrogen (secondary N) is 1. The normalized spacial score (nSPS) is 22.1. The van der Waals surface area contributed by atoms with E-state index in [0.29, 0.717) is 43.0 Å². The Morgan fingerprint density at radius 2 is 1.97 bits per heavy atom. The van der Waals surface area contributed by atoms with Gasteiger partial charge in [0, 0.05) is 31.7 Å². The van der Waals surface area contributed by atoms with Gasteiger partial charge in [0.25, 0.3) is 5.91 Å². The quantitative estimate of drug-likeness (QED) is 0.573. The average molecular weight is 505 g/mol. The number of aromatic nitrogens is 3. The number of rotatable bonds is 5. The van der Waals surface area contributed by atoms with E-state index in [1.807, 2.05) is 0 Å². The maximum atomic E-state index is 14.4. The Morgan fingerprint density at radius 1 is 1.20 bits per heavy atom. The van der Waals surface area contributed by atoms with Crippen LogP contribution in [0.4, 0.5) is 14.6 Å². The maximum absolute atomic E-state index is 14.4. The van der Waals surface area contributed by atoms with Crippen LogP contribution in [-0.4, -0.2) is 71.3 Å². The van der Waals surface area contributed by atoms with Crippen LogP contribution in [-0.2, 0) is 10.0 Å². The molecule has 2 aromatic heterocycles. The molecule has 186 valence electrons. The van der Waals surface area contributed by atoms with Crippen LogP contribution in [0.2, 0.25) is 0 Å². The summed E-state index contributed by atoms with van der Waals surface area (Å²) >= 11 is 0. The molecule has 2 atom stereocenters. The summed E-state index contributed by atoms with van der Waals surface area (Å²) in [4.78, 5) is 19.4. The van der Waals surface area contributed by atoms with Gasteiger partial charge in [-0.1, -0.05) is 12.1 Å². The van der Waals surface area contributed by atoms with E-state index < -0.39 is 16.2 Å². The van der Waals surface area contributed by atoms with Crippen molar-refractivity contribution >= 4 is 27.4 Å². The number of nitrogens with zero attached hydrogens (tertiary/aromatic N) is 5. The number of piperidine rings is 1. The van der Waals surface area contributed by atoms with Gasteiger partial charge in [0.2, 0.25) is 10.0 Å². The Labute approximate surface area is 201 Å². The molecule has 0 bridgehead atoms. The minimum atomic E-state index is -3.25. The summed E-state index contributed by atoms with van der Waals surface area (Å²) in [5, 5.41) is 7.17. The van der Waals surface area contributed by atoms with Crippen LogP contribution in [0.25, 0.3) is 5.65 Å². The predicted octanol–water partition coefficient (Wildman–Crippen LogP) is 2.31. The number of amides is 1. The Morgan fingerprint density at radius 3 is 2.69 bits per heavy atom. The van der Waals surface area contributed by atoms with Gasteiger partial charge < -0.3 is 10.2 Å². The lowest BCUT2D eigenvalue weighted by Crippen LogP contribution is -2.46. The molecule has 2 saturated heterocycles. The van der Waals surface area contributed by atoms with E-state index in [-0.39, 0.29) is 42.3 Å². The van der Waals surface area contributed by atoms with Crippen LogP contribution < -0.4 is 10.2 Å². The van der Waals surface area contributed by atoms with Crippen LogP contribution in [0, 0.1) is 5.82 Å². The molecule has 0 aliphatic carbocycles. The number of alkyl halides is 1. The topological polar surface area (TPSA) is 99.9 Å². The molecule has 12 heteroatoms. The zero-order valence-electron chi connectivity index (χ0n) is 19.1. The number of fused-ring (bicyclic) bond motifs is 1. The lowest BCUT2D eigenvalue weighted by molar-refractivity contribution is 0.0925. The highest BCUT2D eigenvalue weighted by Gasteiger charge is 2.35. The third-order valence-corrected chi connectivity index (χ3v) is 7.94. The summed E-state index contributed by atoms with van der Waals surface area (Å²) < 4.78 is 54.6. The first-order valence-electron chi connectivity index (χ1n) is 11.5. The highest BCUT2D eigenvalue weighted by atomic mass is 32.2. The molecule has 3 aromatic rings. The third-order valence-electron chi connectivity index (χ3n) is 6.63. The first-order chi connectivity index (χ1) is 16.7. The monoisotopic (exact) mass is 504 g/mol. The van der Waals surface area contributed by atoms with Gasteiger partial charge in [-0.05, 0) is 36.6 Å². The fourth-order valence-electron chi connectivity index (χ4n) is 4.84. The molecule has 35 heavy (non-hydrogen) atoms. The first kappa shape index (κ1) is 23.6. The van der Waals surface area contributed by atoms with Gasteiger partial charge in [-0.3, -0.25) is 4.79 Å². The van der Waals surface area contributed by atoms with Gasteiger partial charge in [0.05, 0.1) is 25.0 Å². The summed E-state index contributed by atoms with van der Waals surface area (Å²) in [5.41, 5.74) is 1.27. The van der Waals surface area contributed by atoms with E-state index in [2.05, 4.69) is 15.4 Å². The SMILES string of the molecule is CS(=O)(=O)N1CCC(NC(=O)c2cnn3ccc(N4C[C@@H](F)C[C@@H]4c4cccc(F)c4)nc23)CC1. The smallest absolute Gasteiger partial charge is 0.256 e. The summed E-state index contributed by atoms with van der Waals surface area (Å²) in [6.07, 6.45) is 4.42. The summed E-state index contributed by atoms with van der Waals surface area (Å²) in [5.74, 6) is -0.262. The number of anilines is 1. The average Bonchev–Trinajstić information content (AvgIpc) is 3.42. The van der Waals surface area contributed by atoms with Crippen LogP contribution >= 0.6 is 0 Å². The molecule has 1 amide bonds. The van der Waals surface area contributed by atoms with Gasteiger partial charge in [-0.15, -0.1) is 0 Å². The summed E-state index contributed by atoms with van der Waals surface area (Å²) in [7, 11) is -3.25. The lowest BCUT2D eigenvalue weighted by atomic mass is 10.0. The van der Waals surface area contributed by atoms with Crippen molar-refractivity contribution in [3.8, 4) is 0 Å². The van der Waals surface area contributed by atoms with Crippen molar-refractivity contribution in [1.82, 2.24) is 24.2 Å². The molecule has 1 N–H and O–H groups in total. The molecule has 2 fully saturated rings. The Kier molecular flexibility index (Phi) is 6.18. The molecule has 4 heterocycles. The largest absolute Gasteiger partial charge is 0.349 e. The highest BCUT2D eigenvalue weighted by molar-refractivity contribution is 7.88. The van der Waals surface area contributed by atoms with Crippen LogP contribution in [0.5, 0.6) is 0 Å². The van der Waals surface area contributed by atoms with Gasteiger partial charge in [0.15, 0.2) is 5.65 Å². The summed E-state index contributed by atoms with van der Waals surface area (Å²) in [6, 6.07) is 7.28. The Hall–Kier alpha value is -3.12. The molecule has 0 unspecified atom stereocenters. The standard InChI is InChI=1S/C23H26F2N6O3S/c1-35(33,34)29-8-5-18(6-9-29)27-23(32)19-13-26-31-10-7-21(28-22(19)31)30-14-17(25)12-20(30)15-3-2-4-16(24)11-15/h2-4,7,10-11,13,17-18,20H,5-6,8-9,12,14H2,1H3,(H,27,32)/t17-,20+/m0/s1. The zero-order valence-corrected chi connectivity index (χ0v) is 20.0. The second-order valence-electron chi connectivity index (χ2n) is 9.08. The number of halogens is 2. The van der Waals surface area contributed by atoms with Crippen molar-refractivity contribution in [2.45, 2.75) is 37.5 Å². The molecular weight excluding hydrogens is 478 g/mol. The molecule has 0 spiro atoms. The number of hydrogen-bond donors (Lipinski definition) is 1. The van der Waals surface area contributed by atoms with Crippen molar-refractivity contribution in [2.24, 2.45) is 0 Å². The van der Waals surface area contributed by atoms with Crippen molar-refractivity contribution in [3.05, 3.63) is 59.7 Å². The second kappa shape index (κ2) is 9.15. The van der Waals surface area contributed by atoms with E-state index in [4.69, 9.17) is 0 Å².